The van der Waals surface area contributed by atoms with Crippen molar-refractivity contribution in [3.63, 3.8) is 0 Å². The number of carbonyl (C=O) groups excluding carboxylic acids is 2. The summed E-state index contributed by atoms with van der Waals surface area (Å²) in [6, 6.07) is 5.35. The highest BCUT2D eigenvalue weighted by atomic mass is 35.5. The lowest BCUT2D eigenvalue weighted by Gasteiger charge is -2.16. The van der Waals surface area contributed by atoms with Gasteiger partial charge < -0.3 is 10.6 Å². The molecule has 1 fully saturated rings. The van der Waals surface area contributed by atoms with Gasteiger partial charge in [0.05, 0.1) is 0 Å². The van der Waals surface area contributed by atoms with Crippen molar-refractivity contribution in [2.24, 2.45) is 11.3 Å². The molecule has 0 heterocycles. The summed E-state index contributed by atoms with van der Waals surface area (Å²) in [4.78, 5) is 24.7. The Morgan fingerprint density at radius 3 is 2.50 bits per heavy atom. The number of hydrogen-bond donors (Lipinski definition) is 2. The number of aryl methyl sites for hydroxylation is 1. The maximum absolute atomic E-state index is 12.4. The largest absolute Gasteiger partial charge is 0.355 e. The van der Waals surface area contributed by atoms with Gasteiger partial charge in [-0.2, -0.15) is 0 Å². The fourth-order valence-corrected chi connectivity index (χ4v) is 2.43. The monoisotopic (exact) mass is 322 g/mol. The fourth-order valence-electron chi connectivity index (χ4n) is 2.25. The summed E-state index contributed by atoms with van der Waals surface area (Å²) >= 11 is 6.06. The third kappa shape index (κ3) is 3.80. The molecule has 0 spiro atoms. The third-order valence-electron chi connectivity index (χ3n) is 4.06. The normalized spacial score (nSPS) is 15.5. The van der Waals surface area contributed by atoms with Gasteiger partial charge in [-0.05, 0) is 49.8 Å². The van der Waals surface area contributed by atoms with E-state index in [1.807, 2.05) is 13.0 Å². The van der Waals surface area contributed by atoms with E-state index in [0.29, 0.717) is 36.0 Å². The third-order valence-corrected chi connectivity index (χ3v) is 4.46. The Hall–Kier alpha value is -1.55. The van der Waals surface area contributed by atoms with E-state index in [9.17, 15) is 9.59 Å². The van der Waals surface area contributed by atoms with E-state index >= 15 is 0 Å². The number of anilines is 1. The first kappa shape index (κ1) is 16.8. The number of benzene rings is 1. The summed E-state index contributed by atoms with van der Waals surface area (Å²) in [5.74, 6) is 0.123. The van der Waals surface area contributed by atoms with E-state index in [2.05, 4.69) is 24.5 Å². The number of hydrogen-bond acceptors (Lipinski definition) is 2. The second-order valence-electron chi connectivity index (χ2n) is 6.44. The maximum Gasteiger partial charge on any atom is 0.240 e. The van der Waals surface area contributed by atoms with Gasteiger partial charge in [0.2, 0.25) is 11.8 Å². The molecule has 22 heavy (non-hydrogen) atoms. The quantitative estimate of drug-likeness (QED) is 0.787. The van der Waals surface area contributed by atoms with E-state index in [4.69, 9.17) is 11.6 Å². The van der Waals surface area contributed by atoms with Crippen molar-refractivity contribution in [1.29, 1.82) is 0 Å². The van der Waals surface area contributed by atoms with Crippen LogP contribution in [0.15, 0.2) is 18.2 Å². The summed E-state index contributed by atoms with van der Waals surface area (Å²) in [7, 11) is 0. The van der Waals surface area contributed by atoms with Crippen LogP contribution in [0.4, 0.5) is 5.69 Å². The summed E-state index contributed by atoms with van der Waals surface area (Å²) in [6.07, 6.45) is 2.12. The molecule has 0 bridgehead atoms. The number of amides is 2. The van der Waals surface area contributed by atoms with Gasteiger partial charge in [-0.3, -0.25) is 9.59 Å². The van der Waals surface area contributed by atoms with Crippen LogP contribution in [-0.2, 0) is 9.59 Å². The van der Waals surface area contributed by atoms with Gasteiger partial charge in [0.15, 0.2) is 0 Å². The average Bonchev–Trinajstić information content (AvgIpc) is 3.24. The molecule has 1 aromatic carbocycles. The van der Waals surface area contributed by atoms with Crippen LogP contribution in [0.3, 0.4) is 0 Å². The minimum Gasteiger partial charge on any atom is -0.355 e. The van der Waals surface area contributed by atoms with Gasteiger partial charge >= 0.3 is 0 Å². The summed E-state index contributed by atoms with van der Waals surface area (Å²) in [6.45, 7) is 6.72. The van der Waals surface area contributed by atoms with E-state index < -0.39 is 5.41 Å². The van der Waals surface area contributed by atoms with E-state index in [0.717, 1.165) is 12.0 Å². The van der Waals surface area contributed by atoms with Crippen LogP contribution in [0.25, 0.3) is 0 Å². The predicted octanol–water partition coefficient (Wildman–Crippen LogP) is 3.53. The Bertz CT molecular complexity index is 580. The maximum atomic E-state index is 12.4. The number of rotatable bonds is 6. The molecule has 0 atom stereocenters. The van der Waals surface area contributed by atoms with Gasteiger partial charge in [-0.25, -0.2) is 0 Å². The van der Waals surface area contributed by atoms with Crippen molar-refractivity contribution in [3.05, 3.63) is 28.8 Å². The fraction of sp³-hybridized carbons (Fsp3) is 0.529. The predicted molar refractivity (Wildman–Crippen MR) is 89.0 cm³/mol. The second kappa shape index (κ2) is 6.69. The number of nitrogens with one attached hydrogen (secondary N) is 2. The molecule has 1 aliphatic rings. The van der Waals surface area contributed by atoms with Crippen molar-refractivity contribution in [2.45, 2.75) is 40.0 Å². The lowest BCUT2D eigenvalue weighted by atomic mass is 10.0. The zero-order valence-electron chi connectivity index (χ0n) is 13.3. The molecule has 4 nitrogen and oxygen atoms in total. The molecule has 0 unspecified atom stereocenters. The molecule has 2 rings (SSSR count). The molecule has 1 aromatic rings. The molecular formula is C17H23ClN2O2. The van der Waals surface area contributed by atoms with Crippen LogP contribution in [0.2, 0.25) is 5.02 Å². The van der Waals surface area contributed by atoms with Crippen LogP contribution < -0.4 is 10.6 Å². The van der Waals surface area contributed by atoms with Crippen molar-refractivity contribution in [1.82, 2.24) is 5.32 Å². The van der Waals surface area contributed by atoms with E-state index in [1.54, 1.807) is 12.1 Å². The average molecular weight is 323 g/mol. The van der Waals surface area contributed by atoms with Crippen LogP contribution >= 0.6 is 11.6 Å². The molecule has 1 saturated carbocycles. The number of carbonyl (C=O) groups is 2. The molecule has 0 aromatic heterocycles. The molecule has 0 aliphatic heterocycles. The SMILES string of the molecule is Cc1ccc(NC(=O)C2(C(=O)NCCC(C)C)CC2)cc1Cl. The molecule has 1 aliphatic carbocycles. The second-order valence-corrected chi connectivity index (χ2v) is 6.85. The van der Waals surface area contributed by atoms with Crippen molar-refractivity contribution >= 4 is 29.1 Å². The van der Waals surface area contributed by atoms with E-state index in [1.165, 1.54) is 0 Å². The minimum absolute atomic E-state index is 0.163. The van der Waals surface area contributed by atoms with Crippen LogP contribution in [0, 0.1) is 18.3 Å². The lowest BCUT2D eigenvalue weighted by Crippen LogP contribution is -2.40. The number of halogens is 1. The molecule has 120 valence electrons. The smallest absolute Gasteiger partial charge is 0.240 e. The van der Waals surface area contributed by atoms with Crippen molar-refractivity contribution in [2.75, 3.05) is 11.9 Å². The Labute approximate surface area is 136 Å². The molecular weight excluding hydrogens is 300 g/mol. The Balaban J connectivity index is 1.96. The van der Waals surface area contributed by atoms with Crippen LogP contribution in [0.5, 0.6) is 0 Å². The summed E-state index contributed by atoms with van der Waals surface area (Å²) < 4.78 is 0. The molecule has 5 heteroatoms. The van der Waals surface area contributed by atoms with Gasteiger partial charge in [-0.15, -0.1) is 0 Å². The summed E-state index contributed by atoms with van der Waals surface area (Å²) in [5, 5.41) is 6.29. The first-order valence-electron chi connectivity index (χ1n) is 7.71. The van der Waals surface area contributed by atoms with E-state index in [-0.39, 0.29) is 11.8 Å². The first-order chi connectivity index (χ1) is 10.3. The highest BCUT2D eigenvalue weighted by molar-refractivity contribution is 6.31. The molecule has 2 N–H and O–H groups in total. The Morgan fingerprint density at radius 1 is 1.27 bits per heavy atom. The molecule has 2 amide bonds. The highest BCUT2D eigenvalue weighted by Crippen LogP contribution is 2.46. The van der Waals surface area contributed by atoms with Gasteiger partial charge in [0, 0.05) is 17.3 Å². The zero-order valence-corrected chi connectivity index (χ0v) is 14.1. The highest BCUT2D eigenvalue weighted by Gasteiger charge is 2.56. The van der Waals surface area contributed by atoms with Crippen LogP contribution in [0.1, 0.15) is 38.7 Å². The molecule has 0 saturated heterocycles. The van der Waals surface area contributed by atoms with Gasteiger partial charge in [0.1, 0.15) is 5.41 Å². The van der Waals surface area contributed by atoms with Crippen molar-refractivity contribution in [3.8, 4) is 0 Å². The zero-order chi connectivity index (χ0) is 16.3. The summed E-state index contributed by atoms with van der Waals surface area (Å²) in [5.41, 5.74) is 0.683. The molecule has 0 radical (unpaired) electrons. The van der Waals surface area contributed by atoms with Gasteiger partial charge in [-0.1, -0.05) is 31.5 Å². The van der Waals surface area contributed by atoms with Gasteiger partial charge in [0.25, 0.3) is 0 Å². The topological polar surface area (TPSA) is 58.2 Å². The lowest BCUT2D eigenvalue weighted by molar-refractivity contribution is -0.134. The Kier molecular flexibility index (Phi) is 5.12. The van der Waals surface area contributed by atoms with Crippen molar-refractivity contribution < 1.29 is 9.59 Å². The van der Waals surface area contributed by atoms with Crippen LogP contribution in [-0.4, -0.2) is 18.4 Å². The standard InChI is InChI=1S/C17H23ClN2O2/c1-11(2)6-9-19-15(21)17(7-8-17)16(22)20-13-5-4-12(3)14(18)10-13/h4-5,10-11H,6-9H2,1-3H3,(H,19,21)(H,20,22). The Morgan fingerprint density at radius 2 is 1.95 bits per heavy atom. The first-order valence-corrected chi connectivity index (χ1v) is 8.09. The minimum atomic E-state index is -0.895.